The summed E-state index contributed by atoms with van der Waals surface area (Å²) in [6, 6.07) is 14.5. The van der Waals surface area contributed by atoms with Crippen molar-refractivity contribution in [3.05, 3.63) is 53.6 Å². The first-order valence-corrected chi connectivity index (χ1v) is 9.66. The van der Waals surface area contributed by atoms with E-state index in [0.29, 0.717) is 22.9 Å². The number of carbonyl (C=O) groups is 2. The van der Waals surface area contributed by atoms with Gasteiger partial charge < -0.3 is 10.6 Å². The van der Waals surface area contributed by atoms with Gasteiger partial charge in [-0.25, -0.2) is 0 Å². The van der Waals surface area contributed by atoms with E-state index in [0.717, 1.165) is 10.6 Å². The highest BCUT2D eigenvalue weighted by Crippen LogP contribution is 2.23. The molecule has 0 saturated carbocycles. The fraction of sp³-hybridized carbons (Fsp3) is 0.300. The predicted molar refractivity (Wildman–Crippen MR) is 110 cm³/mol. The normalized spacial score (nSPS) is 11.1. The number of halogens is 1. The molecule has 2 aromatic rings. The summed E-state index contributed by atoms with van der Waals surface area (Å²) in [6.45, 7) is 6.09. The second-order valence-electron chi connectivity index (χ2n) is 7.16. The first kappa shape index (κ1) is 20.3. The smallest absolute Gasteiger partial charge is 0.234 e. The van der Waals surface area contributed by atoms with E-state index in [1.807, 2.05) is 45.0 Å². The van der Waals surface area contributed by atoms with Gasteiger partial charge in [-0.15, -0.1) is 11.8 Å². The molecule has 138 valence electrons. The summed E-state index contributed by atoms with van der Waals surface area (Å²) in [5.74, 6) is 0.195. The van der Waals surface area contributed by atoms with Gasteiger partial charge in [-0.05, 0) is 47.9 Å². The molecule has 2 rings (SSSR count). The Morgan fingerprint density at radius 3 is 2.23 bits per heavy atom. The average Bonchev–Trinajstić information content (AvgIpc) is 2.52. The largest absolute Gasteiger partial charge is 0.326 e. The Bertz CT molecular complexity index is 770. The highest BCUT2D eigenvalue weighted by Gasteiger charge is 2.15. The zero-order chi connectivity index (χ0) is 19.2. The number of nitrogens with one attached hydrogen (secondary N) is 2. The Balaban J connectivity index is 1.81. The molecule has 26 heavy (non-hydrogen) atoms. The molecule has 6 heteroatoms. The van der Waals surface area contributed by atoms with Gasteiger partial charge in [0.25, 0.3) is 0 Å². The molecule has 0 aromatic heterocycles. The SMILES string of the molecule is CC(C)(C)CC(=O)Nc1ccc(SCC(=O)Nc2cccc(Cl)c2)cc1. The van der Waals surface area contributed by atoms with Crippen LogP contribution in [0.4, 0.5) is 11.4 Å². The molecule has 0 atom stereocenters. The quantitative estimate of drug-likeness (QED) is 0.645. The van der Waals surface area contributed by atoms with Crippen molar-refractivity contribution in [1.82, 2.24) is 0 Å². The molecule has 0 saturated heterocycles. The molecule has 0 bridgehead atoms. The van der Waals surface area contributed by atoms with E-state index in [2.05, 4.69) is 10.6 Å². The summed E-state index contributed by atoms with van der Waals surface area (Å²) in [6.07, 6.45) is 0.465. The molecule has 0 aliphatic heterocycles. The van der Waals surface area contributed by atoms with E-state index >= 15 is 0 Å². The van der Waals surface area contributed by atoms with Crippen LogP contribution in [0.25, 0.3) is 0 Å². The van der Waals surface area contributed by atoms with E-state index in [1.54, 1.807) is 24.3 Å². The Labute approximate surface area is 163 Å². The molecule has 0 unspecified atom stereocenters. The van der Waals surface area contributed by atoms with Crippen molar-refractivity contribution in [3.63, 3.8) is 0 Å². The summed E-state index contributed by atoms with van der Waals surface area (Å²) in [5.41, 5.74) is 1.39. The number of amides is 2. The molecule has 0 aliphatic carbocycles. The number of carbonyl (C=O) groups excluding carboxylic acids is 2. The van der Waals surface area contributed by atoms with Crippen LogP contribution in [-0.2, 0) is 9.59 Å². The summed E-state index contributed by atoms with van der Waals surface area (Å²) in [4.78, 5) is 24.9. The van der Waals surface area contributed by atoms with Gasteiger partial charge in [-0.1, -0.05) is 38.4 Å². The third kappa shape index (κ3) is 7.50. The third-order valence-corrected chi connectivity index (χ3v) is 4.55. The Kier molecular flexibility index (Phi) is 7.12. The second-order valence-corrected chi connectivity index (χ2v) is 8.64. The number of hydrogen-bond acceptors (Lipinski definition) is 3. The monoisotopic (exact) mass is 390 g/mol. The van der Waals surface area contributed by atoms with Crippen LogP contribution >= 0.6 is 23.4 Å². The second kappa shape index (κ2) is 9.10. The minimum atomic E-state index is -0.0974. The van der Waals surface area contributed by atoms with Crippen LogP contribution in [0.5, 0.6) is 0 Å². The van der Waals surface area contributed by atoms with Gasteiger partial charge in [-0.3, -0.25) is 9.59 Å². The standard InChI is InChI=1S/C20H23ClN2O2S/c1-20(2,3)12-18(24)22-15-7-9-17(10-8-15)26-13-19(25)23-16-6-4-5-14(21)11-16/h4-11H,12-13H2,1-3H3,(H,22,24)(H,23,25). The van der Waals surface area contributed by atoms with Crippen LogP contribution in [0.15, 0.2) is 53.4 Å². The predicted octanol–water partition coefficient (Wildman–Crippen LogP) is 5.45. The van der Waals surface area contributed by atoms with Crippen molar-refractivity contribution in [2.24, 2.45) is 5.41 Å². The minimum Gasteiger partial charge on any atom is -0.326 e. The maximum Gasteiger partial charge on any atom is 0.234 e. The van der Waals surface area contributed by atoms with Crippen LogP contribution < -0.4 is 10.6 Å². The first-order chi connectivity index (χ1) is 12.2. The van der Waals surface area contributed by atoms with Gasteiger partial charge in [0.15, 0.2) is 0 Å². The van der Waals surface area contributed by atoms with E-state index in [-0.39, 0.29) is 17.2 Å². The fourth-order valence-electron chi connectivity index (χ4n) is 2.23. The van der Waals surface area contributed by atoms with Gasteiger partial charge >= 0.3 is 0 Å². The molecule has 0 heterocycles. The lowest BCUT2D eigenvalue weighted by atomic mass is 9.92. The lowest BCUT2D eigenvalue weighted by molar-refractivity contribution is -0.118. The maximum atomic E-state index is 12.0. The highest BCUT2D eigenvalue weighted by atomic mass is 35.5. The zero-order valence-electron chi connectivity index (χ0n) is 15.1. The zero-order valence-corrected chi connectivity index (χ0v) is 16.7. The molecule has 2 aromatic carbocycles. The van der Waals surface area contributed by atoms with E-state index in [1.165, 1.54) is 11.8 Å². The Hall–Kier alpha value is -1.98. The number of benzene rings is 2. The number of anilines is 2. The molecule has 4 nitrogen and oxygen atoms in total. The first-order valence-electron chi connectivity index (χ1n) is 8.29. The molecule has 0 aliphatic rings. The van der Waals surface area contributed by atoms with Crippen molar-refractivity contribution in [2.75, 3.05) is 16.4 Å². The molecular formula is C20H23ClN2O2S. The minimum absolute atomic E-state index is 0.00111. The average molecular weight is 391 g/mol. The van der Waals surface area contributed by atoms with Crippen LogP contribution in [0, 0.1) is 5.41 Å². The molecule has 0 radical (unpaired) electrons. The molecule has 2 N–H and O–H groups in total. The summed E-state index contributed by atoms with van der Waals surface area (Å²) in [7, 11) is 0. The molecular weight excluding hydrogens is 368 g/mol. The lowest BCUT2D eigenvalue weighted by Gasteiger charge is -2.17. The van der Waals surface area contributed by atoms with Gasteiger partial charge in [0.05, 0.1) is 5.75 Å². The topological polar surface area (TPSA) is 58.2 Å². The van der Waals surface area contributed by atoms with Crippen molar-refractivity contribution in [2.45, 2.75) is 32.1 Å². The van der Waals surface area contributed by atoms with Gasteiger partial charge in [0, 0.05) is 27.7 Å². The van der Waals surface area contributed by atoms with Crippen LogP contribution in [0.1, 0.15) is 27.2 Å². The Morgan fingerprint density at radius 1 is 0.962 bits per heavy atom. The molecule has 0 fully saturated rings. The maximum absolute atomic E-state index is 12.0. The molecule has 0 spiro atoms. The number of hydrogen-bond donors (Lipinski definition) is 2. The third-order valence-electron chi connectivity index (χ3n) is 3.31. The van der Waals surface area contributed by atoms with Gasteiger partial charge in [0.2, 0.25) is 11.8 Å². The van der Waals surface area contributed by atoms with E-state index in [9.17, 15) is 9.59 Å². The molecule has 2 amide bonds. The van der Waals surface area contributed by atoms with Crippen LogP contribution in [-0.4, -0.2) is 17.6 Å². The summed E-state index contributed by atoms with van der Waals surface area (Å²) >= 11 is 7.33. The summed E-state index contributed by atoms with van der Waals surface area (Å²) in [5, 5.41) is 6.28. The Morgan fingerprint density at radius 2 is 1.62 bits per heavy atom. The van der Waals surface area contributed by atoms with E-state index in [4.69, 9.17) is 11.6 Å². The van der Waals surface area contributed by atoms with Crippen molar-refractivity contribution < 1.29 is 9.59 Å². The number of rotatable bonds is 6. The van der Waals surface area contributed by atoms with Crippen molar-refractivity contribution >= 4 is 46.6 Å². The van der Waals surface area contributed by atoms with Gasteiger partial charge in [0.1, 0.15) is 0 Å². The lowest BCUT2D eigenvalue weighted by Crippen LogP contribution is -2.19. The van der Waals surface area contributed by atoms with Crippen molar-refractivity contribution in [1.29, 1.82) is 0 Å². The summed E-state index contributed by atoms with van der Waals surface area (Å²) < 4.78 is 0. The van der Waals surface area contributed by atoms with Crippen molar-refractivity contribution in [3.8, 4) is 0 Å². The van der Waals surface area contributed by atoms with Crippen LogP contribution in [0.3, 0.4) is 0 Å². The number of thioether (sulfide) groups is 1. The highest BCUT2D eigenvalue weighted by molar-refractivity contribution is 8.00. The fourth-order valence-corrected chi connectivity index (χ4v) is 3.12. The van der Waals surface area contributed by atoms with Gasteiger partial charge in [-0.2, -0.15) is 0 Å². The van der Waals surface area contributed by atoms with E-state index < -0.39 is 0 Å². The van der Waals surface area contributed by atoms with Crippen LogP contribution in [0.2, 0.25) is 5.02 Å².